The molecule has 3 rings (SSSR count). The number of aryl methyl sites for hydroxylation is 2. The minimum Gasteiger partial charge on any atom is -0.361 e. The lowest BCUT2D eigenvalue weighted by atomic mass is 9.96. The largest absolute Gasteiger partial charge is 0.361 e. The molecule has 2 aromatic rings. The predicted octanol–water partition coefficient (Wildman–Crippen LogP) is 1.52. The summed E-state index contributed by atoms with van der Waals surface area (Å²) in [5.41, 5.74) is 4.14. The molecule has 0 bridgehead atoms. The summed E-state index contributed by atoms with van der Waals surface area (Å²) in [6, 6.07) is 0. The molecule has 1 aliphatic heterocycles. The van der Waals surface area contributed by atoms with Crippen LogP contribution in [0.3, 0.4) is 0 Å². The maximum absolute atomic E-state index is 12.6. The first-order valence-corrected chi connectivity index (χ1v) is 7.88. The molecule has 7 heteroatoms. The molecule has 0 unspecified atom stereocenters. The average Bonchev–Trinajstić information content (AvgIpc) is 2.89. The molecule has 0 aromatic carbocycles. The summed E-state index contributed by atoms with van der Waals surface area (Å²) in [7, 11) is 0. The van der Waals surface area contributed by atoms with Crippen molar-refractivity contribution in [2.24, 2.45) is 0 Å². The van der Waals surface area contributed by atoms with Crippen molar-refractivity contribution >= 4 is 11.8 Å². The molecule has 0 saturated carbocycles. The van der Waals surface area contributed by atoms with Crippen molar-refractivity contribution in [1.29, 1.82) is 0 Å². The number of hydrogen-bond donors (Lipinski definition) is 1. The summed E-state index contributed by atoms with van der Waals surface area (Å²) >= 11 is 0. The highest BCUT2D eigenvalue weighted by molar-refractivity contribution is 5.95. The maximum Gasteiger partial charge on any atom is 0.253 e. The number of pyridine rings is 1. The van der Waals surface area contributed by atoms with Crippen LogP contribution in [0.2, 0.25) is 0 Å². The molecule has 0 fully saturated rings. The third-order valence-electron chi connectivity index (χ3n) is 4.44. The van der Waals surface area contributed by atoms with Crippen molar-refractivity contribution in [3.8, 4) is 0 Å². The van der Waals surface area contributed by atoms with E-state index in [0.29, 0.717) is 37.4 Å². The highest BCUT2D eigenvalue weighted by Gasteiger charge is 2.23. The van der Waals surface area contributed by atoms with E-state index in [1.54, 1.807) is 24.2 Å². The fourth-order valence-corrected chi connectivity index (χ4v) is 2.98. The molecule has 24 heavy (non-hydrogen) atoms. The van der Waals surface area contributed by atoms with Gasteiger partial charge in [0.05, 0.1) is 11.3 Å². The summed E-state index contributed by atoms with van der Waals surface area (Å²) in [5, 5.41) is 6.79. The zero-order valence-electron chi connectivity index (χ0n) is 14.0. The number of amides is 2. The van der Waals surface area contributed by atoms with Crippen molar-refractivity contribution in [2.75, 3.05) is 6.54 Å². The van der Waals surface area contributed by atoms with Gasteiger partial charge < -0.3 is 14.7 Å². The van der Waals surface area contributed by atoms with Crippen LogP contribution in [0.1, 0.15) is 45.4 Å². The molecule has 1 aliphatic rings. The van der Waals surface area contributed by atoms with E-state index in [9.17, 15) is 9.59 Å². The lowest BCUT2D eigenvalue weighted by Crippen LogP contribution is -2.36. The Balaban J connectivity index is 1.77. The second kappa shape index (κ2) is 6.43. The van der Waals surface area contributed by atoms with Crippen LogP contribution in [0, 0.1) is 13.8 Å². The molecule has 3 heterocycles. The van der Waals surface area contributed by atoms with Gasteiger partial charge in [0, 0.05) is 44.5 Å². The van der Waals surface area contributed by atoms with Gasteiger partial charge in [-0.25, -0.2) is 0 Å². The molecule has 0 aliphatic carbocycles. The van der Waals surface area contributed by atoms with Crippen LogP contribution in [0.5, 0.6) is 0 Å². The molecule has 7 nitrogen and oxygen atoms in total. The van der Waals surface area contributed by atoms with Gasteiger partial charge in [0.2, 0.25) is 5.91 Å². The molecule has 1 N–H and O–H groups in total. The van der Waals surface area contributed by atoms with E-state index in [0.717, 1.165) is 22.4 Å². The van der Waals surface area contributed by atoms with Crippen molar-refractivity contribution in [2.45, 2.75) is 40.3 Å². The summed E-state index contributed by atoms with van der Waals surface area (Å²) < 4.78 is 5.11. The van der Waals surface area contributed by atoms with Gasteiger partial charge in [0.1, 0.15) is 5.76 Å². The number of nitrogens with zero attached hydrogens (tertiary/aromatic N) is 3. The topological polar surface area (TPSA) is 88.3 Å². The van der Waals surface area contributed by atoms with Crippen molar-refractivity contribution in [1.82, 2.24) is 20.4 Å². The van der Waals surface area contributed by atoms with Crippen LogP contribution in [0.25, 0.3) is 0 Å². The van der Waals surface area contributed by atoms with Gasteiger partial charge in [-0.2, -0.15) is 0 Å². The lowest BCUT2D eigenvalue weighted by molar-refractivity contribution is -0.129. The van der Waals surface area contributed by atoms with Gasteiger partial charge >= 0.3 is 0 Å². The monoisotopic (exact) mass is 328 g/mol. The molecular weight excluding hydrogens is 308 g/mol. The third kappa shape index (κ3) is 3.02. The van der Waals surface area contributed by atoms with Gasteiger partial charge in [-0.3, -0.25) is 14.6 Å². The van der Waals surface area contributed by atoms with Gasteiger partial charge in [-0.05, 0) is 31.4 Å². The SMILES string of the molecule is CC(=O)N1CCc2c(cncc2C(=O)NCc2c(C)noc2C)C1. The van der Waals surface area contributed by atoms with Crippen LogP contribution in [0.15, 0.2) is 16.9 Å². The molecule has 126 valence electrons. The van der Waals surface area contributed by atoms with E-state index in [1.165, 1.54) is 0 Å². The first-order chi connectivity index (χ1) is 11.5. The maximum atomic E-state index is 12.6. The highest BCUT2D eigenvalue weighted by Crippen LogP contribution is 2.22. The molecule has 0 spiro atoms. The number of carbonyl (C=O) groups excluding carboxylic acids is 2. The summed E-state index contributed by atoms with van der Waals surface area (Å²) in [5.74, 6) is 0.572. The minimum atomic E-state index is -0.171. The normalized spacial score (nSPS) is 13.5. The first-order valence-electron chi connectivity index (χ1n) is 7.88. The second-order valence-corrected chi connectivity index (χ2v) is 6.00. The number of aromatic nitrogens is 2. The molecule has 0 atom stereocenters. The zero-order chi connectivity index (χ0) is 17.3. The minimum absolute atomic E-state index is 0.0360. The Labute approximate surface area is 140 Å². The van der Waals surface area contributed by atoms with Crippen LogP contribution in [-0.4, -0.2) is 33.4 Å². The van der Waals surface area contributed by atoms with Crippen molar-refractivity contribution < 1.29 is 14.1 Å². The third-order valence-corrected chi connectivity index (χ3v) is 4.44. The summed E-state index contributed by atoms with van der Waals surface area (Å²) in [6.07, 6.45) is 3.98. The Morgan fingerprint density at radius 2 is 2.12 bits per heavy atom. The molecular formula is C17H20N4O3. The Morgan fingerprint density at radius 3 is 2.79 bits per heavy atom. The van der Waals surface area contributed by atoms with Crippen LogP contribution >= 0.6 is 0 Å². The van der Waals surface area contributed by atoms with E-state index in [-0.39, 0.29) is 11.8 Å². The molecule has 0 saturated heterocycles. The van der Waals surface area contributed by atoms with Crippen molar-refractivity contribution in [3.63, 3.8) is 0 Å². The Hall–Kier alpha value is -2.70. The number of nitrogens with one attached hydrogen (secondary N) is 1. The van der Waals surface area contributed by atoms with E-state index in [1.807, 2.05) is 13.8 Å². The van der Waals surface area contributed by atoms with Crippen LogP contribution in [-0.2, 0) is 24.3 Å². The lowest BCUT2D eigenvalue weighted by Gasteiger charge is -2.28. The molecule has 0 radical (unpaired) electrons. The Morgan fingerprint density at radius 1 is 1.33 bits per heavy atom. The number of fused-ring (bicyclic) bond motifs is 1. The molecule has 2 amide bonds. The van der Waals surface area contributed by atoms with Crippen LogP contribution in [0.4, 0.5) is 0 Å². The van der Waals surface area contributed by atoms with Gasteiger partial charge in [-0.15, -0.1) is 0 Å². The zero-order valence-corrected chi connectivity index (χ0v) is 14.0. The average molecular weight is 328 g/mol. The van der Waals surface area contributed by atoms with E-state index in [4.69, 9.17) is 4.52 Å². The Bertz CT molecular complexity index is 778. The summed E-state index contributed by atoms with van der Waals surface area (Å²) in [6.45, 7) is 6.71. The standard InChI is InChI=1S/C17H20N4O3/c1-10-15(11(2)24-20-10)8-19-17(23)16-7-18-6-13-9-21(12(3)22)5-4-14(13)16/h6-7H,4-5,8-9H2,1-3H3,(H,19,23). The van der Waals surface area contributed by atoms with E-state index >= 15 is 0 Å². The van der Waals surface area contributed by atoms with Crippen molar-refractivity contribution in [3.05, 3.63) is 46.1 Å². The predicted molar refractivity (Wildman–Crippen MR) is 86.2 cm³/mol. The fourth-order valence-electron chi connectivity index (χ4n) is 2.98. The summed E-state index contributed by atoms with van der Waals surface area (Å²) in [4.78, 5) is 30.0. The molecule has 2 aromatic heterocycles. The number of carbonyl (C=O) groups is 2. The second-order valence-electron chi connectivity index (χ2n) is 6.00. The number of rotatable bonds is 3. The van der Waals surface area contributed by atoms with Gasteiger partial charge in [0.15, 0.2) is 0 Å². The quantitative estimate of drug-likeness (QED) is 0.923. The highest BCUT2D eigenvalue weighted by atomic mass is 16.5. The van der Waals surface area contributed by atoms with E-state index < -0.39 is 0 Å². The van der Waals surface area contributed by atoms with E-state index in [2.05, 4.69) is 15.5 Å². The first kappa shape index (κ1) is 16.2. The number of hydrogen-bond acceptors (Lipinski definition) is 5. The smallest absolute Gasteiger partial charge is 0.253 e. The van der Waals surface area contributed by atoms with Crippen LogP contribution < -0.4 is 5.32 Å². The fraction of sp³-hybridized carbons (Fsp3) is 0.412. The van der Waals surface area contributed by atoms with Gasteiger partial charge in [0.25, 0.3) is 5.91 Å². The van der Waals surface area contributed by atoms with Gasteiger partial charge in [-0.1, -0.05) is 5.16 Å². The Kier molecular flexibility index (Phi) is 4.33.